The van der Waals surface area contributed by atoms with Crippen LogP contribution < -0.4 is 0 Å². The van der Waals surface area contributed by atoms with Crippen molar-refractivity contribution in [3.8, 4) is 0 Å². The standard InChI is InChI=1S/16CO.4Co.2Sn/c16*1-2;;;;;;. The molecule has 0 aromatic carbocycles. The first-order valence-electron chi connectivity index (χ1n) is 3.27. The zero-order valence-corrected chi connectivity index (χ0v) is 26.7. The average molecular weight is 921 g/mol. The van der Waals surface area contributed by atoms with Crippen LogP contribution in [0.25, 0.3) is 0 Å². The molecule has 38 heavy (non-hydrogen) atoms. The Morgan fingerprint density at radius 2 is 0.132 bits per heavy atom. The van der Waals surface area contributed by atoms with Crippen LogP contribution in [0.4, 0.5) is 0 Å². The summed E-state index contributed by atoms with van der Waals surface area (Å²) in [6.45, 7) is 72.0. The van der Waals surface area contributed by atoms with Crippen molar-refractivity contribution >= 4 is 47.8 Å². The SMILES string of the molecule is [C-]#[O+].[C-]#[O+].[C-]#[O+].[C-]#[O+].[C-]#[O+].[C-]#[O+].[C-]#[O+].[C-]#[O+].[C-]#[O+].[C-]#[O+].[C-]#[O+].[C-]#[O+].[C-]#[O+].[C-]#[O+].[C-]#[O+].[C-]#[O+].[Co].[Co].[Co].[Co].[Sn].[Sn]. The second-order valence-corrected chi connectivity index (χ2v) is 0. The molecule has 16 nitrogen and oxygen atoms in total. The van der Waals surface area contributed by atoms with Gasteiger partial charge in [0.1, 0.15) is 0 Å². The quantitative estimate of drug-likeness (QED) is 0.154. The van der Waals surface area contributed by atoms with E-state index >= 15 is 0 Å². The maximum Gasteiger partial charge on any atom is 0 e. The summed E-state index contributed by atoms with van der Waals surface area (Å²) in [6, 6.07) is 0. The van der Waals surface area contributed by atoms with Crippen molar-refractivity contribution in [2.24, 2.45) is 0 Å². The Labute approximate surface area is 293 Å². The number of rotatable bonds is 0. The molecule has 0 spiro atoms. The fourth-order valence-corrected chi connectivity index (χ4v) is 0. The van der Waals surface area contributed by atoms with Crippen molar-refractivity contribution in [3.05, 3.63) is 106 Å². The topological polar surface area (TPSA) is 318 Å². The van der Waals surface area contributed by atoms with Gasteiger partial charge in [0, 0.05) is 115 Å². The van der Waals surface area contributed by atoms with Crippen molar-refractivity contribution in [2.75, 3.05) is 0 Å². The molecule has 0 rings (SSSR count). The van der Waals surface area contributed by atoms with Gasteiger partial charge in [-0.15, -0.1) is 0 Å². The molecule has 204 valence electrons. The molecule has 0 aromatic rings. The van der Waals surface area contributed by atoms with Crippen molar-refractivity contribution in [1.82, 2.24) is 0 Å². The molecule has 0 N–H and O–H groups in total. The summed E-state index contributed by atoms with van der Waals surface area (Å²) in [5.74, 6) is 0. The van der Waals surface area contributed by atoms with E-state index in [9.17, 15) is 0 Å². The Kier molecular flexibility index (Phi) is 873000. The predicted molar refractivity (Wildman–Crippen MR) is 74.4 cm³/mol. The summed E-state index contributed by atoms with van der Waals surface area (Å²) in [7, 11) is 0. The Balaban J connectivity index is -0.00000000356. The van der Waals surface area contributed by atoms with Gasteiger partial charge in [-0.05, 0) is 0 Å². The summed E-state index contributed by atoms with van der Waals surface area (Å²) >= 11 is 0. The number of hydrogen-bond donors (Lipinski definition) is 0. The smallest absolute Gasteiger partial charge is 0 e. The Morgan fingerprint density at radius 1 is 0.132 bits per heavy atom. The first-order chi connectivity index (χ1) is 16.0. The van der Waals surface area contributed by atoms with Crippen LogP contribution in [0, 0.1) is 106 Å². The Morgan fingerprint density at radius 3 is 0.132 bits per heavy atom. The van der Waals surface area contributed by atoms with Crippen molar-refractivity contribution in [1.29, 1.82) is 0 Å². The summed E-state index contributed by atoms with van der Waals surface area (Å²) < 4.78 is 120. The Bertz CT molecular complexity index is 329. The monoisotopic (exact) mass is 923 g/mol. The molecule has 0 aliphatic rings. The summed E-state index contributed by atoms with van der Waals surface area (Å²) in [4.78, 5) is 0. The molecule has 0 saturated heterocycles. The van der Waals surface area contributed by atoms with Gasteiger partial charge in [-0.3, -0.25) is 0 Å². The van der Waals surface area contributed by atoms with E-state index in [0.717, 1.165) is 0 Å². The van der Waals surface area contributed by atoms with Gasteiger partial charge in [-0.2, -0.15) is 0 Å². The zero-order chi connectivity index (χ0) is 32.0. The van der Waals surface area contributed by atoms with Crippen molar-refractivity contribution in [3.63, 3.8) is 0 Å². The van der Waals surface area contributed by atoms with Gasteiger partial charge >= 0.3 is 181 Å². The van der Waals surface area contributed by atoms with Gasteiger partial charge in [-0.25, -0.2) is 0 Å². The summed E-state index contributed by atoms with van der Waals surface area (Å²) in [5.41, 5.74) is 0. The molecule has 0 amide bonds. The van der Waals surface area contributed by atoms with E-state index in [1.165, 1.54) is 0 Å². The van der Waals surface area contributed by atoms with Crippen LogP contribution in [0.1, 0.15) is 0 Å². The molecule has 0 bridgehead atoms. The third-order valence-electron chi connectivity index (χ3n) is 0. The van der Waals surface area contributed by atoms with E-state index in [1.54, 1.807) is 0 Å². The molecule has 0 unspecified atom stereocenters. The van der Waals surface area contributed by atoms with Gasteiger partial charge in [-0.1, -0.05) is 0 Å². The maximum absolute atomic E-state index is 7.50. The minimum Gasteiger partial charge on any atom is 0 e. The van der Waals surface area contributed by atoms with E-state index < -0.39 is 0 Å². The van der Waals surface area contributed by atoms with E-state index in [4.69, 9.17) is 74.4 Å². The van der Waals surface area contributed by atoms with Crippen molar-refractivity contribution in [2.45, 2.75) is 0 Å². The van der Waals surface area contributed by atoms with E-state index in [2.05, 4.69) is 106 Å². The van der Waals surface area contributed by atoms with Gasteiger partial charge in [0.25, 0.3) is 0 Å². The second-order valence-electron chi connectivity index (χ2n) is 0. The first-order valence-corrected chi connectivity index (χ1v) is 3.27. The molecular weight excluding hydrogens is 921 g/mol. The number of hydrogen-bond acceptors (Lipinski definition) is 0. The molecule has 0 aliphatic heterocycles. The largest absolute Gasteiger partial charge is 0 e. The van der Waals surface area contributed by atoms with Crippen LogP contribution >= 0.6 is 0 Å². The van der Waals surface area contributed by atoms with Crippen LogP contribution in [-0.4, -0.2) is 47.8 Å². The minimum atomic E-state index is 0. The fourth-order valence-electron chi connectivity index (χ4n) is 0. The maximum atomic E-state index is 7.50. The normalized spacial score (nSPS) is 0.842. The molecular formula is C16Co4O16Sn2. The van der Waals surface area contributed by atoms with Crippen LogP contribution in [0.5, 0.6) is 0 Å². The predicted octanol–water partition coefficient (Wildman–Crippen LogP) is -1.37. The van der Waals surface area contributed by atoms with E-state index in [-0.39, 0.29) is 115 Å². The molecule has 0 fully saturated rings. The molecule has 0 aromatic heterocycles. The molecule has 0 aliphatic carbocycles. The van der Waals surface area contributed by atoms with E-state index in [0.29, 0.717) is 0 Å². The summed E-state index contributed by atoms with van der Waals surface area (Å²) in [6.07, 6.45) is 0. The summed E-state index contributed by atoms with van der Waals surface area (Å²) in [5, 5.41) is 0. The fraction of sp³-hybridized carbons (Fsp3) is 0. The van der Waals surface area contributed by atoms with Gasteiger partial charge in [0.15, 0.2) is 0 Å². The third-order valence-corrected chi connectivity index (χ3v) is 0. The molecule has 22 heteroatoms. The average Bonchev–Trinajstić information content (AvgIpc) is 3.05. The van der Waals surface area contributed by atoms with Gasteiger partial charge < -0.3 is 0 Å². The van der Waals surface area contributed by atoms with Gasteiger partial charge in [0.2, 0.25) is 0 Å². The second kappa shape index (κ2) is 159000. The van der Waals surface area contributed by atoms with Crippen LogP contribution in [-0.2, 0) is 142 Å². The molecule has 0 saturated carbocycles. The molecule has 0 atom stereocenters. The van der Waals surface area contributed by atoms with Crippen molar-refractivity contribution < 1.29 is 142 Å². The van der Waals surface area contributed by atoms with Crippen LogP contribution in [0.15, 0.2) is 0 Å². The first kappa shape index (κ1) is 208. The van der Waals surface area contributed by atoms with Crippen LogP contribution in [0.3, 0.4) is 0 Å². The Hall–Kier alpha value is -0.537. The van der Waals surface area contributed by atoms with E-state index in [1.807, 2.05) is 0 Å². The van der Waals surface area contributed by atoms with Gasteiger partial charge in [0.05, 0.1) is 0 Å². The van der Waals surface area contributed by atoms with Crippen LogP contribution in [0.2, 0.25) is 0 Å². The molecule has 12 radical (unpaired) electrons. The minimum absolute atomic E-state index is 0. The third kappa shape index (κ3) is 146000. The molecule has 0 heterocycles. The zero-order valence-electron chi connectivity index (χ0n) is 16.9.